The summed E-state index contributed by atoms with van der Waals surface area (Å²) in [7, 11) is 15.6. The summed E-state index contributed by atoms with van der Waals surface area (Å²) >= 11 is 22.1. The molecule has 0 bridgehead atoms. The first-order valence-corrected chi connectivity index (χ1v) is 44.5. The lowest BCUT2D eigenvalue weighted by atomic mass is 10.00. The van der Waals surface area contributed by atoms with E-state index >= 15 is 0 Å². The van der Waals surface area contributed by atoms with Gasteiger partial charge in [-0.2, -0.15) is 59.9 Å². The molecule has 133 heavy (non-hydrogen) atoms. The number of aryl methyl sites for hydroxylation is 15. The normalized spacial score (nSPS) is 10.8. The van der Waals surface area contributed by atoms with Gasteiger partial charge in [0.05, 0.1) is 83.0 Å². The highest BCUT2D eigenvalue weighted by Crippen LogP contribution is 2.44. The van der Waals surface area contributed by atoms with Crippen molar-refractivity contribution < 1.29 is 17.7 Å². The van der Waals surface area contributed by atoms with Gasteiger partial charge in [0.1, 0.15) is 30.0 Å². The first kappa shape index (κ1) is 99.4. The van der Waals surface area contributed by atoms with Gasteiger partial charge >= 0.3 is 6.18 Å². The molecule has 0 saturated carbocycles. The molecule has 0 aliphatic rings. The van der Waals surface area contributed by atoms with Crippen LogP contribution in [0.4, 0.5) is 70.0 Å². The van der Waals surface area contributed by atoms with Gasteiger partial charge in [0.2, 0.25) is 0 Å². The van der Waals surface area contributed by atoms with Gasteiger partial charge in [-0.25, -0.2) is 0 Å². The minimum absolute atomic E-state index is 0.358. The molecule has 27 heteroatoms. The lowest BCUT2D eigenvalue weighted by molar-refractivity contribution is -0.137. The Morgan fingerprint density at radius 2 is 0.602 bits per heavy atom. The zero-order chi connectivity index (χ0) is 97.4. The highest BCUT2D eigenvalue weighted by atomic mass is 79.9. The van der Waals surface area contributed by atoms with E-state index in [1.807, 2.05) is 189 Å². The molecule has 15 rings (SSSR count). The molecule has 5 heterocycles. The van der Waals surface area contributed by atoms with Crippen LogP contribution in [0.2, 0.25) is 15.1 Å². The number of hydrogen-bond donors (Lipinski definition) is 0. The van der Waals surface area contributed by atoms with Gasteiger partial charge in [0.15, 0.2) is 0 Å². The lowest BCUT2D eigenvalue weighted by Gasteiger charge is -2.24. The molecule has 0 fully saturated rings. The molecule has 0 aliphatic heterocycles. The minimum Gasteiger partial charge on any atom is -0.361 e. The number of nitriles is 5. The van der Waals surface area contributed by atoms with E-state index < -0.39 is 11.7 Å². The molecule has 0 atom stereocenters. The second-order valence-electron chi connectivity index (χ2n) is 32.8. The molecule has 15 aromatic rings. The number of alkyl halides is 3. The predicted octanol–water partition coefficient (Wildman–Crippen LogP) is 27.7. The van der Waals surface area contributed by atoms with E-state index in [0.717, 1.165) is 175 Å². The van der Waals surface area contributed by atoms with Gasteiger partial charge in [-0.05, 0) is 304 Å². The van der Waals surface area contributed by atoms with Crippen molar-refractivity contribution in [2.45, 2.75) is 124 Å². The van der Waals surface area contributed by atoms with Crippen LogP contribution in [0.3, 0.4) is 0 Å². The summed E-state index contributed by atoms with van der Waals surface area (Å²) in [5.74, 6) is 0.802. The highest BCUT2D eigenvalue weighted by molar-refractivity contribution is 9.10. The van der Waals surface area contributed by atoms with Gasteiger partial charge in [0.25, 0.3) is 0 Å². The largest absolute Gasteiger partial charge is 0.417 e. The predicted molar refractivity (Wildman–Crippen MR) is 536 cm³/mol. The van der Waals surface area contributed by atoms with E-state index in [4.69, 9.17) is 65.6 Å². The van der Waals surface area contributed by atoms with Crippen molar-refractivity contribution in [1.82, 2.24) is 44.3 Å². The van der Waals surface area contributed by atoms with Gasteiger partial charge in [0, 0.05) is 175 Å². The Hall–Kier alpha value is -14.2. The fraction of sp³-hybridized carbons (Fsp3) is 0.245. The van der Waals surface area contributed by atoms with Crippen molar-refractivity contribution >= 4 is 108 Å². The van der Waals surface area contributed by atoms with Gasteiger partial charge in [-0.3, -0.25) is 18.7 Å². The molecule has 0 amide bonds. The Labute approximate surface area is 800 Å². The Morgan fingerprint density at radius 1 is 0.338 bits per heavy atom. The molecular weight excluding hydrogens is 1800 g/mol. The SMILES string of the molecule is CCn1nc(C)c(-c2ccc(C)c(N(C)c3ccc(C#N)c(Cl)c3)c2)c1C.Cc1ccc(-c2c(C)nn(C)c2C)cc1N(C)c1ccc(C#N)c(Br)c1.Cc1ccc(-c2c(C)nn(C)c2C)cc1N(C)c1ccc(C#N)c(C(F)(F)F)c1.Cc1ccc(-c2c(C)nn(C)c2C)cc1N(C)c1ccc(C#N)c(Cl)c1.Cc1ccc(-c2c(C)noc2C)cc1N(C)c1ccc(C#N)c(Cl)c1. The average molecular weight is 1900 g/mol. The third-order valence-corrected chi connectivity index (χ3v) is 25.8. The fourth-order valence-corrected chi connectivity index (χ4v) is 17.6. The monoisotopic (exact) mass is 1900 g/mol. The van der Waals surface area contributed by atoms with Crippen LogP contribution >= 0.6 is 50.7 Å². The molecule has 0 saturated heterocycles. The van der Waals surface area contributed by atoms with Crippen molar-refractivity contribution in [3.05, 3.63) is 320 Å². The van der Waals surface area contributed by atoms with E-state index in [2.05, 4.69) is 220 Å². The molecule has 0 N–H and O–H groups in total. The number of aromatic nitrogens is 9. The van der Waals surface area contributed by atoms with E-state index in [1.54, 1.807) is 36.2 Å². The third kappa shape index (κ3) is 21.6. The first-order chi connectivity index (χ1) is 63.0. The lowest BCUT2D eigenvalue weighted by Crippen LogP contribution is -2.14. The van der Waals surface area contributed by atoms with E-state index in [-0.39, 0.29) is 5.56 Å². The van der Waals surface area contributed by atoms with E-state index in [1.165, 1.54) is 45.6 Å². The number of nitrogens with zero attached hydrogens (tertiary/aromatic N) is 19. The smallest absolute Gasteiger partial charge is 0.361 e. The Bertz CT molecular complexity index is 6990. The molecule has 0 radical (unpaired) electrons. The summed E-state index contributed by atoms with van der Waals surface area (Å²) in [4.78, 5) is 10.1. The van der Waals surface area contributed by atoms with Crippen LogP contribution in [0.15, 0.2) is 191 Å². The fourth-order valence-electron chi connectivity index (χ4n) is 16.5. The summed E-state index contributed by atoms with van der Waals surface area (Å²) in [6.07, 6.45) is -4.59. The molecule has 10 aromatic carbocycles. The standard InChI is InChI=1S/C22H23ClN4.C22H21F3N4.C21H21BrN4.C21H21ClN4.C20H18ClN3O/c1-6-27-16(4)22(15(3)25-27)17-8-7-14(2)21(11-17)26(5)19-10-9-18(13-24)20(23)12-19;1-13-6-7-16(21-14(2)27-29(5)15(21)3)10-20(13)28(4)18-9-8-17(12-26)19(11-18)22(23,24)25;2*1-13-6-7-16(21-14(2)24-26(5)15(21)3)10-20(13)25(4)18-9-8-17(12-23)19(22)11-18;1-12-5-6-15(20-13(2)23-25-14(20)3)9-19(12)24(4)17-8-7-16(11-22)18(21)10-17/h7-12H,6H2,1-5H3;6-11H,1-5H3;2*6-11H,1-5H3;5-10H,1-4H3. The Balaban J connectivity index is 0.000000160. The molecule has 0 unspecified atom stereocenters. The maximum Gasteiger partial charge on any atom is 0.417 e. The number of benzene rings is 10. The molecule has 0 aliphatic carbocycles. The van der Waals surface area contributed by atoms with Crippen LogP contribution in [0.1, 0.15) is 125 Å². The number of hydrogen-bond acceptors (Lipinski definition) is 16. The minimum atomic E-state index is -4.59. The summed E-state index contributed by atoms with van der Waals surface area (Å²) in [5, 5.41) is 68.9. The highest BCUT2D eigenvalue weighted by Gasteiger charge is 2.35. The average Bonchev–Trinajstić information content (AvgIpc) is 1.72. The third-order valence-electron chi connectivity index (χ3n) is 24.2. The van der Waals surface area contributed by atoms with Crippen molar-refractivity contribution in [2.75, 3.05) is 59.7 Å². The maximum absolute atomic E-state index is 13.4. The van der Waals surface area contributed by atoms with Gasteiger partial charge in [-0.1, -0.05) is 101 Å². The van der Waals surface area contributed by atoms with Gasteiger partial charge < -0.3 is 29.0 Å². The van der Waals surface area contributed by atoms with Crippen LogP contribution in [-0.2, 0) is 33.9 Å². The van der Waals surface area contributed by atoms with E-state index in [9.17, 15) is 13.2 Å². The first-order valence-electron chi connectivity index (χ1n) is 42.6. The van der Waals surface area contributed by atoms with Crippen LogP contribution < -0.4 is 24.5 Å². The summed E-state index contributed by atoms with van der Waals surface area (Å²) < 4.78 is 53.9. The van der Waals surface area contributed by atoms with Crippen molar-refractivity contribution in [2.24, 2.45) is 21.1 Å². The zero-order valence-electron chi connectivity index (χ0n) is 79.1. The molecular formula is C106H104BrCl3F3N19O. The molecule has 678 valence electrons. The Morgan fingerprint density at radius 3 is 0.842 bits per heavy atom. The maximum atomic E-state index is 13.4. The van der Waals surface area contributed by atoms with E-state index in [0.29, 0.717) is 43.0 Å². The van der Waals surface area contributed by atoms with Crippen molar-refractivity contribution in [3.63, 3.8) is 0 Å². The zero-order valence-corrected chi connectivity index (χ0v) is 82.9. The van der Waals surface area contributed by atoms with Crippen molar-refractivity contribution in [3.8, 4) is 86.0 Å². The molecule has 20 nitrogen and oxygen atoms in total. The second-order valence-corrected chi connectivity index (χ2v) is 34.9. The van der Waals surface area contributed by atoms with Crippen molar-refractivity contribution in [1.29, 1.82) is 26.3 Å². The van der Waals surface area contributed by atoms with Crippen LogP contribution in [0.5, 0.6) is 0 Å². The van der Waals surface area contributed by atoms with Gasteiger partial charge in [-0.15, -0.1) is 0 Å². The van der Waals surface area contributed by atoms with Crippen LogP contribution in [0, 0.1) is 161 Å². The summed E-state index contributed by atoms with van der Waals surface area (Å²) in [5.41, 5.74) is 36.0. The number of halogens is 7. The van der Waals surface area contributed by atoms with Crippen LogP contribution in [-0.4, -0.2) is 79.5 Å². The quantitative estimate of drug-likeness (QED) is 0.0875. The molecule has 5 aromatic heterocycles. The number of anilines is 10. The topological polar surface area (TPSA) is 232 Å². The summed E-state index contributed by atoms with van der Waals surface area (Å²) in [6.45, 7) is 33.4. The van der Waals surface area contributed by atoms with Crippen LogP contribution in [0.25, 0.3) is 55.6 Å². The number of rotatable bonds is 16. The summed E-state index contributed by atoms with van der Waals surface area (Å²) in [6, 6.07) is 67.7. The Kier molecular flexibility index (Phi) is 31.4. The second kappa shape index (κ2) is 41.9. The molecule has 0 spiro atoms.